The SMILES string of the molecule is C.CO.COC([NH-])=O.COC([NH-])=O.COC([NH-])=O.COC([NH-])=O.O.[N-]=C=O.[N-]=C=O.[N-]=C=O.[N-]=C=O.[NH-]C([NH-])=O.[Y].[Y].[Y].[Y].[Y]. The molecule has 0 spiro atoms. The Balaban J connectivity index is -0.0000000128. The summed E-state index contributed by atoms with van der Waals surface area (Å²) in [6.45, 7) is 0. The van der Waals surface area contributed by atoms with Gasteiger partial charge in [-0.2, -0.15) is 0 Å². The Kier molecular flexibility index (Phi) is 386. The zero-order valence-corrected chi connectivity index (χ0v) is 37.6. The molecule has 0 heterocycles. The van der Waals surface area contributed by atoms with Gasteiger partial charge in [0.15, 0.2) is 0 Å². The average Bonchev–Trinajstić information content (AvgIpc) is 2.83. The summed E-state index contributed by atoms with van der Waals surface area (Å²) in [5, 5.41) is 34.1. The van der Waals surface area contributed by atoms with Gasteiger partial charge in [-0.25, -0.2) is 0 Å². The monoisotopic (exact) mass is 1030 g/mol. The van der Waals surface area contributed by atoms with Gasteiger partial charge in [0.2, 0.25) is 24.4 Å². The summed E-state index contributed by atoms with van der Waals surface area (Å²) >= 11 is 0. The van der Waals surface area contributed by atoms with Crippen LogP contribution in [0.25, 0.3) is 56.0 Å². The molecule has 5 radical (unpaired) electrons. The Bertz CT molecular complexity index is 597. The summed E-state index contributed by atoms with van der Waals surface area (Å²) in [7, 11) is 5.65. The minimum atomic E-state index is -1.33. The molecule has 0 aromatic rings. The van der Waals surface area contributed by atoms with Crippen LogP contribution >= 0.6 is 0 Å². The quantitative estimate of drug-likeness (QED) is 0.206. The van der Waals surface area contributed by atoms with Gasteiger partial charge in [-0.3, -0.25) is 38.4 Å². The van der Waals surface area contributed by atoms with Gasteiger partial charge >= 0.3 is 0 Å². The van der Waals surface area contributed by atoms with Crippen LogP contribution in [0.5, 0.6) is 0 Å². The van der Waals surface area contributed by atoms with Gasteiger partial charge in [0.25, 0.3) is 0 Å². The van der Waals surface area contributed by atoms with Gasteiger partial charge in [-0.1, -0.05) is 7.43 Å². The van der Waals surface area contributed by atoms with Crippen LogP contribution in [0.4, 0.5) is 24.0 Å². The van der Waals surface area contributed by atoms with Crippen molar-refractivity contribution >= 4 is 54.7 Å². The van der Waals surface area contributed by atoms with Crippen molar-refractivity contribution in [2.45, 2.75) is 7.43 Å². The van der Waals surface area contributed by atoms with E-state index in [2.05, 4.69) is 18.9 Å². The number of rotatable bonds is 0. The van der Waals surface area contributed by atoms with Gasteiger partial charge in [-0.15, -0.1) is 0 Å². The van der Waals surface area contributed by atoms with Crippen LogP contribution in [0.3, 0.4) is 0 Å². The molecule has 6 amide bonds. The number of nitrogens with one attached hydrogen (secondary N) is 6. The van der Waals surface area contributed by atoms with Crippen molar-refractivity contribution in [1.29, 1.82) is 0 Å². The van der Waals surface area contributed by atoms with E-state index in [4.69, 9.17) is 85.1 Å². The predicted octanol–water partition coefficient (Wildman–Crippen LogP) is 3.40. The van der Waals surface area contributed by atoms with E-state index in [0.717, 1.165) is 35.5 Å². The van der Waals surface area contributed by atoms with Crippen LogP contribution in [0, 0.1) is 0 Å². The molecule has 0 bridgehead atoms. The number of urea groups is 1. The molecule has 0 aromatic carbocycles. The van der Waals surface area contributed by atoms with E-state index in [1.807, 2.05) is 0 Å². The van der Waals surface area contributed by atoms with Crippen LogP contribution in [0.2, 0.25) is 0 Å². The van der Waals surface area contributed by atoms with Gasteiger partial charge in [0.1, 0.15) is 0 Å². The molecule has 45 heavy (non-hydrogen) atoms. The van der Waals surface area contributed by atoms with Crippen molar-refractivity contribution in [1.82, 2.24) is 0 Å². The van der Waals surface area contributed by atoms with Gasteiger partial charge < -0.3 is 90.4 Å². The van der Waals surface area contributed by atoms with Crippen LogP contribution in [-0.4, -0.2) is 101 Å². The van der Waals surface area contributed by atoms with E-state index >= 15 is 0 Å². The van der Waals surface area contributed by atoms with Gasteiger partial charge in [0, 0.05) is 171 Å². The van der Waals surface area contributed by atoms with Crippen molar-refractivity contribution in [2.24, 2.45) is 0 Å². The smallest absolute Gasteiger partial charge is 0.226 e. The number of aliphatic hydroxyl groups is 1. The standard InChI is InChI=1S/4C2H5NO2.CH3N2O.4CNO.CH4O.CH4.H2O.5Y/c4*1-5-2(3)4;2-1(3)4;4*2-1-3;1-2;;;;;;;/h4*1H3,(H2,3,4);(H3-,2,3,4);;;;;2H,1H3;1H4;1H2;;;;;/q;;;;5*-1;;;;;;;;/p-5. The van der Waals surface area contributed by atoms with Gasteiger partial charge in [-0.05, 0) is 30.4 Å². The minimum Gasteiger partial charge on any atom is -0.724 e. The Morgan fingerprint density at radius 3 is 0.489 bits per heavy atom. The van der Waals surface area contributed by atoms with Crippen molar-refractivity contribution in [3.63, 3.8) is 0 Å². The number of methoxy groups -OCH3 is 4. The van der Waals surface area contributed by atoms with E-state index in [1.54, 1.807) is 0 Å². The molecule has 30 heteroatoms. The first-order valence-electron chi connectivity index (χ1n) is 7.13. The number of amides is 6. The molecular weight excluding hydrogens is 1000 g/mol. The molecule has 25 nitrogen and oxygen atoms in total. The number of hydrogen-bond acceptors (Lipinski definition) is 14. The van der Waals surface area contributed by atoms with E-state index in [1.165, 1.54) is 0 Å². The zero-order chi connectivity index (χ0) is 33.5. The number of carbonyl (C=O) groups is 5. The molecular formula is C15H28N10O15Y5-10. The fraction of sp³-hybridized carbons (Fsp3) is 0.400. The largest absolute Gasteiger partial charge is 0.724 e. The van der Waals surface area contributed by atoms with Gasteiger partial charge in [0.05, 0.1) is 28.4 Å². The van der Waals surface area contributed by atoms with Crippen LogP contribution < -0.4 is 0 Å². The average molecular weight is 1030 g/mol. The zero-order valence-electron chi connectivity index (χ0n) is 23.4. The molecule has 0 aromatic heterocycles. The summed E-state index contributed by atoms with van der Waals surface area (Å²) < 4.78 is 15.1. The summed E-state index contributed by atoms with van der Waals surface area (Å²) in [6, 6.07) is -1.33. The maximum Gasteiger partial charge on any atom is 0.226 e. The third-order valence-corrected chi connectivity index (χ3v) is 0.742. The molecule has 0 aliphatic heterocycles. The molecule has 9 N–H and O–H groups in total. The Labute approximate surface area is 384 Å². The maximum absolute atomic E-state index is 9.26. The molecule has 0 unspecified atom stereocenters. The topological polar surface area (TPSA) is 474 Å². The number of hydrogen-bond donors (Lipinski definition) is 1. The molecule has 0 aliphatic carbocycles. The molecule has 0 atom stereocenters. The van der Waals surface area contributed by atoms with Crippen molar-refractivity contribution in [3.05, 3.63) is 56.0 Å². The predicted molar refractivity (Wildman–Crippen MR) is 136 cm³/mol. The summed E-state index contributed by atoms with van der Waals surface area (Å²) in [4.78, 5) is 78.8. The van der Waals surface area contributed by atoms with E-state index < -0.39 is 30.4 Å². The first-order chi connectivity index (χ1) is 17.5. The second-order valence-electron chi connectivity index (χ2n) is 2.66. The number of carbonyl (C=O) groups excluding carboxylic acids is 9. The molecule has 0 fully saturated rings. The van der Waals surface area contributed by atoms with Crippen molar-refractivity contribution in [3.8, 4) is 0 Å². The Hall–Kier alpha value is -0.691. The van der Waals surface area contributed by atoms with E-state index in [-0.39, 0.29) is 176 Å². The first-order valence-corrected chi connectivity index (χ1v) is 7.13. The number of nitrogens with zero attached hydrogens (tertiary/aromatic N) is 4. The molecule has 0 saturated carbocycles. The number of aliphatic hydroxyl groups excluding tert-OH is 1. The number of ether oxygens (including phenoxy) is 4. The molecule has 253 valence electrons. The van der Waals surface area contributed by atoms with Crippen LogP contribution in [0.15, 0.2) is 0 Å². The Morgan fingerprint density at radius 1 is 0.467 bits per heavy atom. The van der Waals surface area contributed by atoms with Crippen molar-refractivity contribution < 1.29 is 236 Å². The first kappa shape index (κ1) is 111. The second kappa shape index (κ2) is 156. The third kappa shape index (κ3) is 1380. The van der Waals surface area contributed by atoms with Crippen LogP contribution in [0.1, 0.15) is 7.43 Å². The minimum absolute atomic E-state index is 0. The van der Waals surface area contributed by atoms with E-state index in [0.29, 0.717) is 24.3 Å². The van der Waals surface area contributed by atoms with E-state index in [9.17, 15) is 19.2 Å². The fourth-order valence-electron chi connectivity index (χ4n) is 0. The molecule has 0 aliphatic rings. The molecule has 0 saturated heterocycles. The summed E-state index contributed by atoms with van der Waals surface area (Å²) in [6.07, 6.45) is -1.98. The van der Waals surface area contributed by atoms with Crippen molar-refractivity contribution in [2.75, 3.05) is 35.5 Å². The summed E-state index contributed by atoms with van der Waals surface area (Å²) in [5.74, 6) is 0. The fourth-order valence-corrected chi connectivity index (χ4v) is 0. The Morgan fingerprint density at radius 2 is 0.489 bits per heavy atom. The normalized spacial score (nSPS) is 4.31. The number of isocyanates is 4. The van der Waals surface area contributed by atoms with Crippen LogP contribution in [-0.2, 0) is 202 Å². The second-order valence-corrected chi connectivity index (χ2v) is 2.66. The molecule has 0 rings (SSSR count). The maximum atomic E-state index is 9.26. The summed E-state index contributed by atoms with van der Waals surface area (Å²) in [5.41, 5.74) is 35.1. The third-order valence-electron chi connectivity index (χ3n) is 0.742.